The number of carbonyl (C=O) groups excluding carboxylic acids is 2. The monoisotopic (exact) mass is 619 g/mol. The number of likely N-dealkylation sites (N-methyl/N-ethyl adjacent to an activating group) is 1. The largest absolute Gasteiger partial charge is 0.497 e. The van der Waals surface area contributed by atoms with E-state index in [9.17, 15) is 14.7 Å². The smallest absolute Gasteiger partial charge is 0.268 e. The molecular formula is C34H41N3O6S. The molecule has 234 valence electrons. The number of aliphatic hydroxyl groups excluding tert-OH is 1. The van der Waals surface area contributed by atoms with E-state index in [1.165, 1.54) is 16.2 Å². The number of fused-ring (bicyclic) bond motifs is 5. The highest BCUT2D eigenvalue weighted by Gasteiger charge is 2.35. The normalized spacial score (nSPS) is 24.0. The molecule has 0 saturated heterocycles. The van der Waals surface area contributed by atoms with Crippen molar-refractivity contribution in [2.45, 2.75) is 56.5 Å². The second kappa shape index (κ2) is 14.9. The van der Waals surface area contributed by atoms with Gasteiger partial charge in [-0.1, -0.05) is 48.6 Å². The van der Waals surface area contributed by atoms with E-state index in [1.54, 1.807) is 25.6 Å². The molecule has 44 heavy (non-hydrogen) atoms. The molecule has 0 spiro atoms. The minimum absolute atomic E-state index is 0.0521. The van der Waals surface area contributed by atoms with Crippen LogP contribution in [0.3, 0.4) is 0 Å². The fraction of sp³-hybridized carbons (Fsp3) is 0.412. The first kappa shape index (κ1) is 31.7. The number of aliphatic hydroxyl groups is 1. The Kier molecular flexibility index (Phi) is 10.7. The number of carbonyl (C=O) groups is 2. The molecular weight excluding hydrogens is 578 g/mol. The summed E-state index contributed by atoms with van der Waals surface area (Å²) in [4.78, 5) is 29.5. The Balaban J connectivity index is 1.43. The van der Waals surface area contributed by atoms with Crippen LogP contribution in [-0.2, 0) is 16.0 Å². The van der Waals surface area contributed by atoms with Gasteiger partial charge >= 0.3 is 0 Å². The van der Waals surface area contributed by atoms with Gasteiger partial charge in [-0.3, -0.25) is 9.59 Å². The van der Waals surface area contributed by atoms with Crippen LogP contribution in [0.15, 0.2) is 72.1 Å². The number of ether oxygens (including phenoxy) is 3. The second-order valence-electron chi connectivity index (χ2n) is 11.1. The highest BCUT2D eigenvalue weighted by Crippen LogP contribution is 2.42. The second-order valence-corrected chi connectivity index (χ2v) is 12.0. The first-order valence-corrected chi connectivity index (χ1v) is 15.9. The fourth-order valence-corrected chi connectivity index (χ4v) is 6.68. The molecule has 3 aromatic rings. The topological polar surface area (TPSA) is 109 Å². The molecule has 2 heterocycles. The van der Waals surface area contributed by atoms with Crippen molar-refractivity contribution in [1.29, 1.82) is 0 Å². The lowest BCUT2D eigenvalue weighted by Crippen LogP contribution is -2.55. The van der Waals surface area contributed by atoms with Gasteiger partial charge in [0.05, 0.1) is 38.6 Å². The van der Waals surface area contributed by atoms with Crippen molar-refractivity contribution in [1.82, 2.24) is 15.5 Å². The van der Waals surface area contributed by atoms with E-state index in [2.05, 4.69) is 10.6 Å². The standard InChI is InChI=1S/C34H41N3O6S/c1-4-42-30-15-17-44-32(30)34(40)37(2)28-12-8-9-16-43-31-20-26(25-19-23(41-3)13-14-24(25)31)35-21-29(38)27(36-33(28)39)18-22-10-6-5-7-11-22/h5-11,13-15,17,19,26-29,31,35,38H,4,12,16,18,20-21H2,1-3H3,(H,36,39)/t26-,27-,28?,29+,31+/m0/s1. The summed E-state index contributed by atoms with van der Waals surface area (Å²) in [6.07, 6.45) is 4.16. The van der Waals surface area contributed by atoms with Crippen LogP contribution in [0.1, 0.15) is 58.3 Å². The van der Waals surface area contributed by atoms with Gasteiger partial charge in [0.2, 0.25) is 5.91 Å². The van der Waals surface area contributed by atoms with Gasteiger partial charge in [-0.15, -0.1) is 11.3 Å². The molecule has 1 aliphatic heterocycles. The van der Waals surface area contributed by atoms with E-state index in [-0.39, 0.29) is 36.9 Å². The molecule has 5 rings (SSSR count). The summed E-state index contributed by atoms with van der Waals surface area (Å²) >= 11 is 1.29. The number of β-amino-alcohol motifs (C(OH)–C–C–N with tert-alkyl or cyclic N) is 1. The number of hydrogen-bond acceptors (Lipinski definition) is 8. The summed E-state index contributed by atoms with van der Waals surface area (Å²) in [6.45, 7) is 2.90. The van der Waals surface area contributed by atoms with E-state index in [4.69, 9.17) is 14.2 Å². The van der Waals surface area contributed by atoms with Crippen LogP contribution < -0.4 is 20.1 Å². The third-order valence-corrected chi connectivity index (χ3v) is 9.15. The van der Waals surface area contributed by atoms with Gasteiger partial charge in [0.15, 0.2) is 0 Å². The average molecular weight is 620 g/mol. The molecule has 3 N–H and O–H groups in total. The van der Waals surface area contributed by atoms with Crippen LogP contribution in [0.2, 0.25) is 0 Å². The summed E-state index contributed by atoms with van der Waals surface area (Å²) in [5.74, 6) is 0.637. The van der Waals surface area contributed by atoms with E-state index >= 15 is 0 Å². The molecule has 2 aromatic carbocycles. The van der Waals surface area contributed by atoms with Crippen molar-refractivity contribution in [3.8, 4) is 11.5 Å². The van der Waals surface area contributed by atoms with Gasteiger partial charge in [0.1, 0.15) is 22.4 Å². The maximum atomic E-state index is 13.9. The Morgan fingerprint density at radius 1 is 1.14 bits per heavy atom. The van der Waals surface area contributed by atoms with Gasteiger partial charge < -0.3 is 34.9 Å². The number of nitrogens with zero attached hydrogens (tertiary/aromatic N) is 1. The van der Waals surface area contributed by atoms with Crippen LogP contribution in [0.5, 0.6) is 11.5 Å². The van der Waals surface area contributed by atoms with E-state index in [0.717, 1.165) is 22.4 Å². The molecule has 2 amide bonds. The number of thiophene rings is 1. The van der Waals surface area contributed by atoms with Crippen LogP contribution in [0.4, 0.5) is 0 Å². The number of benzene rings is 2. The first-order valence-electron chi connectivity index (χ1n) is 15.1. The highest BCUT2D eigenvalue weighted by atomic mass is 32.1. The van der Waals surface area contributed by atoms with Crippen LogP contribution >= 0.6 is 11.3 Å². The molecule has 0 radical (unpaired) electrons. The van der Waals surface area contributed by atoms with Crippen molar-refractivity contribution in [2.75, 3.05) is 33.9 Å². The molecule has 0 fully saturated rings. The number of nitrogens with one attached hydrogen (secondary N) is 2. The number of methoxy groups -OCH3 is 1. The van der Waals surface area contributed by atoms with Gasteiger partial charge in [-0.2, -0.15) is 0 Å². The Labute approximate surface area is 262 Å². The van der Waals surface area contributed by atoms with Crippen molar-refractivity contribution in [2.24, 2.45) is 0 Å². The quantitative estimate of drug-likeness (QED) is 0.336. The van der Waals surface area contributed by atoms with Gasteiger partial charge in [0, 0.05) is 19.6 Å². The zero-order chi connectivity index (χ0) is 31.1. The Hall–Kier alpha value is -3.70. The SMILES string of the molecule is CCOc1ccsc1C(=O)N(C)C1CC=CCO[C@@H]2C[C@H](NC[C@@H](O)[C@H](Cc3ccccc3)NC1=O)c1cc(OC)ccc12. The molecule has 9 nitrogen and oxygen atoms in total. The van der Waals surface area contributed by atoms with E-state index < -0.39 is 18.2 Å². The van der Waals surface area contributed by atoms with E-state index in [0.29, 0.717) is 36.7 Å². The van der Waals surface area contributed by atoms with Gasteiger partial charge in [-0.25, -0.2) is 0 Å². The predicted molar refractivity (Wildman–Crippen MR) is 170 cm³/mol. The van der Waals surface area contributed by atoms with Crippen LogP contribution in [0, 0.1) is 0 Å². The Morgan fingerprint density at radius 3 is 2.73 bits per heavy atom. The molecule has 1 unspecified atom stereocenters. The molecule has 2 bridgehead atoms. The molecule has 5 atom stereocenters. The van der Waals surface area contributed by atoms with E-state index in [1.807, 2.05) is 67.6 Å². The summed E-state index contributed by atoms with van der Waals surface area (Å²) in [7, 11) is 3.28. The number of hydrogen-bond donors (Lipinski definition) is 3. The van der Waals surface area contributed by atoms with Crippen molar-refractivity contribution in [3.63, 3.8) is 0 Å². The highest BCUT2D eigenvalue weighted by molar-refractivity contribution is 7.12. The lowest BCUT2D eigenvalue weighted by Gasteiger charge is -2.31. The molecule has 1 aromatic heterocycles. The van der Waals surface area contributed by atoms with Crippen molar-refractivity contribution < 1.29 is 28.9 Å². The van der Waals surface area contributed by atoms with Crippen molar-refractivity contribution >= 4 is 23.2 Å². The van der Waals surface area contributed by atoms with Crippen LogP contribution in [-0.4, -0.2) is 73.9 Å². The maximum absolute atomic E-state index is 13.9. The maximum Gasteiger partial charge on any atom is 0.268 e. The third-order valence-electron chi connectivity index (χ3n) is 8.26. The lowest BCUT2D eigenvalue weighted by atomic mass is 9.99. The molecule has 2 aliphatic rings. The Bertz CT molecular complexity index is 1440. The van der Waals surface area contributed by atoms with Crippen molar-refractivity contribution in [3.05, 3.63) is 93.7 Å². The minimum Gasteiger partial charge on any atom is -0.497 e. The summed E-state index contributed by atoms with van der Waals surface area (Å²) in [5, 5.41) is 20.0. The Morgan fingerprint density at radius 2 is 1.95 bits per heavy atom. The molecule has 0 saturated carbocycles. The van der Waals surface area contributed by atoms with Gasteiger partial charge in [-0.05, 0) is 66.5 Å². The predicted octanol–water partition coefficient (Wildman–Crippen LogP) is 4.44. The summed E-state index contributed by atoms with van der Waals surface area (Å²) < 4.78 is 17.4. The third kappa shape index (κ3) is 7.32. The zero-order valence-electron chi connectivity index (χ0n) is 25.4. The van der Waals surface area contributed by atoms with Crippen LogP contribution in [0.25, 0.3) is 0 Å². The molecule has 10 heteroatoms. The number of amides is 2. The number of rotatable bonds is 7. The molecule has 1 aliphatic carbocycles. The summed E-state index contributed by atoms with van der Waals surface area (Å²) in [6, 6.07) is 16.1. The fourth-order valence-electron chi connectivity index (χ4n) is 5.86. The minimum atomic E-state index is -0.905. The average Bonchev–Trinajstić information content (AvgIpc) is 3.64. The lowest BCUT2D eigenvalue weighted by molar-refractivity contribution is -0.126. The zero-order valence-corrected chi connectivity index (χ0v) is 26.2. The summed E-state index contributed by atoms with van der Waals surface area (Å²) in [5.41, 5.74) is 3.16. The first-order chi connectivity index (χ1) is 21.4. The van der Waals surface area contributed by atoms with Gasteiger partial charge in [0.25, 0.3) is 5.91 Å².